The molecule has 2 rings (SSSR count). The van der Waals surface area contributed by atoms with E-state index >= 15 is 0 Å². The van der Waals surface area contributed by atoms with Crippen molar-refractivity contribution in [1.82, 2.24) is 0 Å². The summed E-state index contributed by atoms with van der Waals surface area (Å²) >= 11 is 0. The highest BCUT2D eigenvalue weighted by atomic mass is 16.5. The van der Waals surface area contributed by atoms with Gasteiger partial charge in [0.05, 0.1) is 24.7 Å². The number of hydrogen-bond acceptors (Lipinski definition) is 7. The van der Waals surface area contributed by atoms with Gasteiger partial charge in [0.25, 0.3) is 0 Å². The van der Waals surface area contributed by atoms with Crippen molar-refractivity contribution in [3.05, 3.63) is 46.6 Å². The lowest BCUT2D eigenvalue weighted by Gasteiger charge is -2.27. The number of esters is 1. The van der Waals surface area contributed by atoms with E-state index in [1.807, 2.05) is 13.0 Å². The van der Waals surface area contributed by atoms with E-state index in [0.29, 0.717) is 17.9 Å². The van der Waals surface area contributed by atoms with E-state index in [1.165, 1.54) is 6.07 Å². The molecule has 0 aliphatic carbocycles. The predicted octanol–water partition coefficient (Wildman–Crippen LogP) is 2.44. The Balaban J connectivity index is 2.66. The van der Waals surface area contributed by atoms with E-state index in [1.54, 1.807) is 26.0 Å². The Morgan fingerprint density at radius 2 is 2.12 bits per heavy atom. The smallest absolute Gasteiger partial charge is 0.338 e. The third-order valence-electron chi connectivity index (χ3n) is 3.72. The number of nitrogens with zero attached hydrogens (tertiary/aromatic N) is 1. The lowest BCUT2D eigenvalue weighted by molar-refractivity contribution is -0.139. The number of phenolic OH excluding ortho intramolecular Hbond substituents is 1. The normalized spacial score (nSPS) is 17.0. The van der Waals surface area contributed by atoms with Crippen molar-refractivity contribution in [3.8, 4) is 17.6 Å². The SMILES string of the molecule is CCOC(=O)C1=C(C)OC(N)=C(C#N)C1c1cc(OCC)ccc1O. The molecule has 0 radical (unpaired) electrons. The number of phenols is 1. The van der Waals surface area contributed by atoms with Crippen molar-refractivity contribution >= 4 is 5.97 Å². The second-order valence-corrected chi connectivity index (χ2v) is 5.27. The summed E-state index contributed by atoms with van der Waals surface area (Å²) in [6.07, 6.45) is 0. The van der Waals surface area contributed by atoms with E-state index in [-0.39, 0.29) is 35.1 Å². The molecule has 3 N–H and O–H groups in total. The molecule has 132 valence electrons. The Bertz CT molecular complexity index is 789. The Morgan fingerprint density at radius 3 is 2.72 bits per heavy atom. The summed E-state index contributed by atoms with van der Waals surface area (Å²) < 4.78 is 15.9. The van der Waals surface area contributed by atoms with Crippen LogP contribution < -0.4 is 10.5 Å². The molecule has 1 aromatic rings. The molecular formula is C18H20N2O5. The first-order chi connectivity index (χ1) is 11.9. The summed E-state index contributed by atoms with van der Waals surface area (Å²) in [6, 6.07) is 6.58. The molecule has 1 unspecified atom stereocenters. The summed E-state index contributed by atoms with van der Waals surface area (Å²) in [5, 5.41) is 19.8. The average molecular weight is 344 g/mol. The average Bonchev–Trinajstić information content (AvgIpc) is 2.56. The molecule has 0 saturated carbocycles. The van der Waals surface area contributed by atoms with Crippen LogP contribution in [0.25, 0.3) is 0 Å². The topological polar surface area (TPSA) is 115 Å². The lowest BCUT2D eigenvalue weighted by atomic mass is 9.82. The van der Waals surface area contributed by atoms with Gasteiger partial charge >= 0.3 is 5.97 Å². The third kappa shape index (κ3) is 3.53. The molecule has 0 fully saturated rings. The van der Waals surface area contributed by atoms with Crippen molar-refractivity contribution in [2.75, 3.05) is 13.2 Å². The molecule has 0 aromatic heterocycles. The summed E-state index contributed by atoms with van der Waals surface area (Å²) in [5.41, 5.74) is 6.29. The predicted molar refractivity (Wildman–Crippen MR) is 89.3 cm³/mol. The summed E-state index contributed by atoms with van der Waals surface area (Å²) in [5.74, 6) is -1.02. The zero-order valence-electron chi connectivity index (χ0n) is 14.3. The Morgan fingerprint density at radius 1 is 1.40 bits per heavy atom. The fraction of sp³-hybridized carbons (Fsp3) is 0.333. The van der Waals surface area contributed by atoms with Crippen molar-refractivity contribution in [3.63, 3.8) is 0 Å². The van der Waals surface area contributed by atoms with E-state index in [4.69, 9.17) is 19.9 Å². The summed E-state index contributed by atoms with van der Waals surface area (Å²) in [7, 11) is 0. The first-order valence-electron chi connectivity index (χ1n) is 7.85. The monoisotopic (exact) mass is 344 g/mol. The van der Waals surface area contributed by atoms with Gasteiger partial charge in [-0.15, -0.1) is 0 Å². The highest BCUT2D eigenvalue weighted by Gasteiger charge is 2.37. The maximum Gasteiger partial charge on any atom is 0.338 e. The second-order valence-electron chi connectivity index (χ2n) is 5.27. The maximum absolute atomic E-state index is 12.4. The molecule has 25 heavy (non-hydrogen) atoms. The van der Waals surface area contributed by atoms with Gasteiger partial charge in [0.1, 0.15) is 28.9 Å². The summed E-state index contributed by atoms with van der Waals surface area (Å²) in [6.45, 7) is 5.65. The number of nitriles is 1. The van der Waals surface area contributed by atoms with Crippen LogP contribution in [0.3, 0.4) is 0 Å². The van der Waals surface area contributed by atoms with Crippen molar-refractivity contribution in [1.29, 1.82) is 5.26 Å². The number of carbonyl (C=O) groups is 1. The Hall–Kier alpha value is -3.14. The minimum absolute atomic E-state index is 0.0256. The van der Waals surface area contributed by atoms with Crippen molar-refractivity contribution in [2.45, 2.75) is 26.7 Å². The Kier molecular flexibility index (Phi) is 5.55. The first kappa shape index (κ1) is 18.2. The zero-order valence-corrected chi connectivity index (χ0v) is 14.3. The second kappa shape index (κ2) is 7.62. The van der Waals surface area contributed by atoms with Gasteiger partial charge < -0.3 is 25.1 Å². The van der Waals surface area contributed by atoms with Gasteiger partial charge in [-0.05, 0) is 39.0 Å². The van der Waals surface area contributed by atoms with Crippen LogP contribution in [-0.4, -0.2) is 24.3 Å². The quantitative estimate of drug-likeness (QED) is 0.788. The van der Waals surface area contributed by atoms with Gasteiger partial charge in [-0.25, -0.2) is 4.79 Å². The van der Waals surface area contributed by atoms with Crippen LogP contribution in [0.15, 0.2) is 41.0 Å². The van der Waals surface area contributed by atoms with Gasteiger partial charge in [0.15, 0.2) is 0 Å². The van der Waals surface area contributed by atoms with Crippen molar-refractivity contribution < 1.29 is 24.1 Å². The van der Waals surface area contributed by atoms with Crippen molar-refractivity contribution in [2.24, 2.45) is 5.73 Å². The summed E-state index contributed by atoms with van der Waals surface area (Å²) in [4.78, 5) is 12.4. The van der Waals surface area contributed by atoms with Gasteiger partial charge in [-0.3, -0.25) is 0 Å². The number of benzene rings is 1. The van der Waals surface area contributed by atoms with Crippen LogP contribution >= 0.6 is 0 Å². The van der Waals surface area contributed by atoms with Gasteiger partial charge in [-0.2, -0.15) is 5.26 Å². The standard InChI is InChI=1S/C18H20N2O5/c1-4-23-11-6-7-14(21)12(8-11)16-13(9-19)17(20)25-10(3)15(16)18(22)24-5-2/h6-8,16,21H,4-5,20H2,1-3H3. The first-order valence-corrected chi connectivity index (χ1v) is 7.85. The van der Waals surface area contributed by atoms with Gasteiger partial charge in [0.2, 0.25) is 5.88 Å². The molecule has 0 amide bonds. The molecule has 0 bridgehead atoms. The molecule has 0 saturated heterocycles. The molecule has 1 aliphatic rings. The van der Waals surface area contributed by atoms with Crippen LogP contribution in [0.4, 0.5) is 0 Å². The number of ether oxygens (including phenoxy) is 3. The lowest BCUT2D eigenvalue weighted by Crippen LogP contribution is -2.25. The fourth-order valence-electron chi connectivity index (χ4n) is 2.69. The van der Waals surface area contributed by atoms with Crippen LogP contribution in [0.2, 0.25) is 0 Å². The largest absolute Gasteiger partial charge is 0.508 e. The minimum atomic E-state index is -0.904. The number of aromatic hydroxyl groups is 1. The highest BCUT2D eigenvalue weighted by molar-refractivity contribution is 5.92. The molecule has 7 heteroatoms. The fourth-order valence-corrected chi connectivity index (χ4v) is 2.69. The van der Waals surface area contributed by atoms with Gasteiger partial charge in [-0.1, -0.05) is 0 Å². The van der Waals surface area contributed by atoms with Gasteiger partial charge in [0, 0.05) is 5.56 Å². The molecule has 1 heterocycles. The third-order valence-corrected chi connectivity index (χ3v) is 3.72. The highest BCUT2D eigenvalue weighted by Crippen LogP contribution is 2.43. The molecule has 1 aromatic carbocycles. The molecule has 1 aliphatic heterocycles. The van der Waals surface area contributed by atoms with E-state index in [2.05, 4.69) is 0 Å². The molecule has 0 spiro atoms. The Labute approximate surface area is 145 Å². The minimum Gasteiger partial charge on any atom is -0.508 e. The molecular weight excluding hydrogens is 324 g/mol. The molecule has 1 atom stereocenters. The number of nitrogens with two attached hydrogens (primary N) is 1. The van der Waals surface area contributed by atoms with E-state index in [9.17, 15) is 15.2 Å². The number of rotatable bonds is 5. The maximum atomic E-state index is 12.4. The van der Waals surface area contributed by atoms with Crippen LogP contribution in [0.5, 0.6) is 11.5 Å². The zero-order chi connectivity index (χ0) is 18.6. The van der Waals surface area contributed by atoms with E-state index in [0.717, 1.165) is 0 Å². The van der Waals surface area contributed by atoms with E-state index < -0.39 is 11.9 Å². The number of allylic oxidation sites excluding steroid dienone is 2. The number of hydrogen-bond donors (Lipinski definition) is 2. The number of carbonyl (C=O) groups excluding carboxylic acids is 1. The molecule has 7 nitrogen and oxygen atoms in total. The van der Waals surface area contributed by atoms with Crippen LogP contribution in [-0.2, 0) is 14.3 Å². The van der Waals surface area contributed by atoms with Crippen LogP contribution in [0, 0.1) is 11.3 Å². The van der Waals surface area contributed by atoms with Crippen LogP contribution in [0.1, 0.15) is 32.3 Å².